The number of amides is 2. The average molecular weight is 398 g/mol. The van der Waals surface area contributed by atoms with Crippen molar-refractivity contribution >= 4 is 34.7 Å². The van der Waals surface area contributed by atoms with Crippen LogP contribution in [0.1, 0.15) is 16.7 Å². The van der Waals surface area contributed by atoms with Crippen LogP contribution in [-0.4, -0.2) is 27.8 Å². The SMILES string of the molecule is Cc1cccc(CN2C(=O)S/C(=C\c3cc4c(cc3[N+](=O)[O-])OCO4)C2=O)c1. The summed E-state index contributed by atoms with van der Waals surface area (Å²) in [4.78, 5) is 37.1. The number of thioether (sulfide) groups is 1. The Hall–Kier alpha value is -3.33. The van der Waals surface area contributed by atoms with Crippen LogP contribution in [0.5, 0.6) is 11.5 Å². The molecule has 142 valence electrons. The molecule has 28 heavy (non-hydrogen) atoms. The number of nitrogens with zero attached hydrogens (tertiary/aromatic N) is 2. The lowest BCUT2D eigenvalue weighted by atomic mass is 10.1. The minimum Gasteiger partial charge on any atom is -0.454 e. The van der Waals surface area contributed by atoms with E-state index in [9.17, 15) is 19.7 Å². The summed E-state index contributed by atoms with van der Waals surface area (Å²) < 4.78 is 10.4. The van der Waals surface area contributed by atoms with Crippen molar-refractivity contribution in [3.05, 3.63) is 68.1 Å². The van der Waals surface area contributed by atoms with Crippen LogP contribution in [0.4, 0.5) is 10.5 Å². The van der Waals surface area contributed by atoms with E-state index in [4.69, 9.17) is 9.47 Å². The molecule has 0 aromatic heterocycles. The number of nitro benzene ring substituents is 1. The van der Waals surface area contributed by atoms with Crippen LogP contribution in [-0.2, 0) is 11.3 Å². The normalized spacial score (nSPS) is 16.9. The molecule has 1 saturated heterocycles. The third kappa shape index (κ3) is 3.31. The second-order valence-corrected chi connectivity index (χ2v) is 7.27. The lowest BCUT2D eigenvalue weighted by Gasteiger charge is -2.12. The lowest BCUT2D eigenvalue weighted by Crippen LogP contribution is -2.27. The van der Waals surface area contributed by atoms with Gasteiger partial charge in [0.15, 0.2) is 11.5 Å². The van der Waals surface area contributed by atoms with Crippen molar-refractivity contribution < 1.29 is 24.0 Å². The van der Waals surface area contributed by atoms with Gasteiger partial charge < -0.3 is 9.47 Å². The zero-order valence-electron chi connectivity index (χ0n) is 14.7. The third-order valence-corrected chi connectivity index (χ3v) is 5.21. The van der Waals surface area contributed by atoms with Crippen molar-refractivity contribution in [1.82, 2.24) is 4.90 Å². The van der Waals surface area contributed by atoms with Crippen LogP contribution in [0.3, 0.4) is 0 Å². The topological polar surface area (TPSA) is 99.0 Å². The molecule has 0 N–H and O–H groups in total. The molecule has 2 aromatic rings. The summed E-state index contributed by atoms with van der Waals surface area (Å²) in [5, 5.41) is 11.0. The van der Waals surface area contributed by atoms with E-state index in [0.29, 0.717) is 5.75 Å². The van der Waals surface area contributed by atoms with Gasteiger partial charge >= 0.3 is 0 Å². The van der Waals surface area contributed by atoms with Crippen molar-refractivity contribution in [2.24, 2.45) is 0 Å². The lowest BCUT2D eigenvalue weighted by molar-refractivity contribution is -0.385. The maximum absolute atomic E-state index is 12.7. The van der Waals surface area contributed by atoms with E-state index in [-0.39, 0.29) is 35.2 Å². The molecule has 1 fully saturated rings. The number of fused-ring (bicyclic) bond motifs is 1. The first-order valence-corrected chi connectivity index (χ1v) is 9.13. The fourth-order valence-electron chi connectivity index (χ4n) is 2.99. The quantitative estimate of drug-likeness (QED) is 0.438. The Bertz CT molecular complexity index is 1050. The first kappa shape index (κ1) is 18.1. The summed E-state index contributed by atoms with van der Waals surface area (Å²) in [7, 11) is 0. The fourth-order valence-corrected chi connectivity index (χ4v) is 3.82. The predicted molar refractivity (Wildman–Crippen MR) is 102 cm³/mol. The van der Waals surface area contributed by atoms with Crippen LogP contribution in [0.25, 0.3) is 6.08 Å². The molecule has 4 rings (SSSR count). The standard InChI is InChI=1S/C19H14N2O6S/c1-11-3-2-4-12(5-11)9-20-18(22)17(28-19(20)23)7-13-6-15-16(27-10-26-15)8-14(13)21(24)25/h2-8H,9-10H2,1H3/b17-7-. The van der Waals surface area contributed by atoms with Crippen LogP contribution in [0.2, 0.25) is 0 Å². The van der Waals surface area contributed by atoms with E-state index in [1.807, 2.05) is 31.2 Å². The molecule has 0 spiro atoms. The number of carbonyl (C=O) groups excluding carboxylic acids is 2. The number of hydrogen-bond donors (Lipinski definition) is 0. The van der Waals surface area contributed by atoms with Crippen LogP contribution >= 0.6 is 11.8 Å². The number of carbonyl (C=O) groups is 2. The first-order chi connectivity index (χ1) is 13.4. The molecule has 2 aliphatic rings. The monoisotopic (exact) mass is 398 g/mol. The second kappa shape index (κ2) is 7.01. The summed E-state index contributed by atoms with van der Waals surface area (Å²) in [5.41, 5.74) is 1.80. The third-order valence-electron chi connectivity index (χ3n) is 4.30. The number of imide groups is 1. The molecule has 0 aliphatic carbocycles. The van der Waals surface area contributed by atoms with Gasteiger partial charge in [-0.2, -0.15) is 0 Å². The van der Waals surface area contributed by atoms with Crippen LogP contribution in [0, 0.1) is 17.0 Å². The average Bonchev–Trinajstić information content (AvgIpc) is 3.20. The zero-order valence-corrected chi connectivity index (χ0v) is 15.5. The van der Waals surface area contributed by atoms with Gasteiger partial charge in [-0.15, -0.1) is 0 Å². The highest BCUT2D eigenvalue weighted by atomic mass is 32.2. The zero-order chi connectivity index (χ0) is 19.8. The number of hydrogen-bond acceptors (Lipinski definition) is 7. The van der Waals surface area contributed by atoms with Gasteiger partial charge in [-0.05, 0) is 36.4 Å². The van der Waals surface area contributed by atoms with E-state index in [1.54, 1.807) is 0 Å². The molecule has 0 bridgehead atoms. The van der Waals surface area contributed by atoms with Gasteiger partial charge in [0.25, 0.3) is 16.8 Å². The Labute approximate surface area is 163 Å². The molecular weight excluding hydrogens is 384 g/mol. The maximum Gasteiger partial charge on any atom is 0.293 e. The Morgan fingerprint density at radius 2 is 1.96 bits per heavy atom. The second-order valence-electron chi connectivity index (χ2n) is 6.28. The summed E-state index contributed by atoms with van der Waals surface area (Å²) in [6.07, 6.45) is 1.35. The molecule has 2 heterocycles. The van der Waals surface area contributed by atoms with Crippen molar-refractivity contribution in [1.29, 1.82) is 0 Å². The molecule has 8 nitrogen and oxygen atoms in total. The van der Waals surface area contributed by atoms with Gasteiger partial charge in [0.2, 0.25) is 6.79 Å². The van der Waals surface area contributed by atoms with Crippen molar-refractivity contribution in [3.63, 3.8) is 0 Å². The number of nitro groups is 1. The van der Waals surface area contributed by atoms with E-state index in [2.05, 4.69) is 0 Å². The summed E-state index contributed by atoms with van der Waals surface area (Å²) in [6, 6.07) is 10.2. The number of rotatable bonds is 4. The Balaban J connectivity index is 1.65. The Kier molecular flexibility index (Phi) is 4.52. The van der Waals surface area contributed by atoms with Gasteiger partial charge in [-0.1, -0.05) is 29.8 Å². The van der Waals surface area contributed by atoms with E-state index >= 15 is 0 Å². The minimum atomic E-state index is -0.565. The van der Waals surface area contributed by atoms with Gasteiger partial charge in [-0.3, -0.25) is 24.6 Å². The van der Waals surface area contributed by atoms with Crippen molar-refractivity contribution in [2.75, 3.05) is 6.79 Å². The van der Waals surface area contributed by atoms with E-state index in [0.717, 1.165) is 27.8 Å². The number of ether oxygens (including phenoxy) is 2. The van der Waals surface area contributed by atoms with Crippen LogP contribution in [0.15, 0.2) is 41.3 Å². The van der Waals surface area contributed by atoms with E-state index < -0.39 is 16.1 Å². The largest absolute Gasteiger partial charge is 0.454 e. The predicted octanol–water partition coefficient (Wildman–Crippen LogP) is 3.87. The molecule has 0 saturated carbocycles. The fraction of sp³-hybridized carbons (Fsp3) is 0.158. The molecule has 2 amide bonds. The highest BCUT2D eigenvalue weighted by Crippen LogP contribution is 2.41. The van der Waals surface area contributed by atoms with Crippen molar-refractivity contribution in [3.8, 4) is 11.5 Å². The highest BCUT2D eigenvalue weighted by molar-refractivity contribution is 8.18. The molecule has 0 atom stereocenters. The number of aryl methyl sites for hydroxylation is 1. The Morgan fingerprint density at radius 1 is 1.21 bits per heavy atom. The highest BCUT2D eigenvalue weighted by Gasteiger charge is 2.36. The van der Waals surface area contributed by atoms with Gasteiger partial charge in [-0.25, -0.2) is 0 Å². The maximum atomic E-state index is 12.7. The smallest absolute Gasteiger partial charge is 0.293 e. The minimum absolute atomic E-state index is 0.0249. The number of benzene rings is 2. The van der Waals surface area contributed by atoms with Crippen molar-refractivity contribution in [2.45, 2.75) is 13.5 Å². The van der Waals surface area contributed by atoms with Gasteiger partial charge in [0.1, 0.15) is 0 Å². The molecule has 9 heteroatoms. The Morgan fingerprint density at radius 3 is 2.68 bits per heavy atom. The molecule has 0 unspecified atom stereocenters. The first-order valence-electron chi connectivity index (χ1n) is 8.31. The van der Waals surface area contributed by atoms with E-state index in [1.165, 1.54) is 18.2 Å². The molecule has 0 radical (unpaired) electrons. The van der Waals surface area contributed by atoms with Gasteiger partial charge in [0, 0.05) is 0 Å². The summed E-state index contributed by atoms with van der Waals surface area (Å²) in [5.74, 6) is 0.149. The summed E-state index contributed by atoms with van der Waals surface area (Å²) >= 11 is 0.758. The molecular formula is C19H14N2O6S. The van der Waals surface area contributed by atoms with Gasteiger partial charge in [0.05, 0.1) is 28.0 Å². The summed E-state index contributed by atoms with van der Waals surface area (Å²) in [6.45, 7) is 2.05. The molecule has 2 aliphatic heterocycles. The van der Waals surface area contributed by atoms with Crippen LogP contribution < -0.4 is 9.47 Å². The molecule has 2 aromatic carbocycles.